The van der Waals surface area contributed by atoms with Crippen LogP contribution in [0.2, 0.25) is 5.02 Å². The third kappa shape index (κ3) is 6.36. The summed E-state index contributed by atoms with van der Waals surface area (Å²) in [5.74, 6) is -0.509. The molecule has 0 spiro atoms. The fourth-order valence-corrected chi connectivity index (χ4v) is 7.02. The van der Waals surface area contributed by atoms with Gasteiger partial charge in [0.1, 0.15) is 12.3 Å². The van der Waals surface area contributed by atoms with E-state index < -0.39 is 32.5 Å². The Labute approximate surface area is 233 Å². The SMILES string of the molecule is COc1ccc(S(=O)(=O)N2CCOCC2)cc1NC(=O)CN(c1ccc(C)c(Cl)c1)S(=O)(=O)c1ccccc1. The zero-order chi connectivity index (χ0) is 28.2. The molecule has 0 saturated carbocycles. The molecule has 0 radical (unpaired) electrons. The molecule has 0 aromatic heterocycles. The van der Waals surface area contributed by atoms with Gasteiger partial charge < -0.3 is 14.8 Å². The molecule has 1 aliphatic rings. The van der Waals surface area contributed by atoms with E-state index in [0.717, 1.165) is 9.87 Å². The van der Waals surface area contributed by atoms with Gasteiger partial charge in [-0.1, -0.05) is 35.9 Å². The first kappa shape index (κ1) is 28.8. The van der Waals surface area contributed by atoms with Crippen LogP contribution in [-0.4, -0.2) is 67.0 Å². The summed E-state index contributed by atoms with van der Waals surface area (Å²) < 4.78 is 66.3. The van der Waals surface area contributed by atoms with Gasteiger partial charge in [-0.15, -0.1) is 0 Å². The summed E-state index contributed by atoms with van der Waals surface area (Å²) >= 11 is 6.28. The lowest BCUT2D eigenvalue weighted by atomic mass is 10.2. The van der Waals surface area contributed by atoms with Crippen LogP contribution >= 0.6 is 11.6 Å². The summed E-state index contributed by atoms with van der Waals surface area (Å²) in [7, 11) is -6.64. The minimum atomic E-state index is -4.16. The summed E-state index contributed by atoms with van der Waals surface area (Å²) in [6, 6.07) is 16.5. The minimum Gasteiger partial charge on any atom is -0.495 e. The van der Waals surface area contributed by atoms with Crippen molar-refractivity contribution in [3.63, 3.8) is 0 Å². The second kappa shape index (κ2) is 11.9. The van der Waals surface area contributed by atoms with Gasteiger partial charge in [0.15, 0.2) is 0 Å². The van der Waals surface area contributed by atoms with Crippen LogP contribution in [0.1, 0.15) is 5.56 Å². The van der Waals surface area contributed by atoms with Gasteiger partial charge in [-0.2, -0.15) is 4.31 Å². The third-order valence-corrected chi connectivity index (χ3v) is 10.2. The highest BCUT2D eigenvalue weighted by Crippen LogP contribution is 2.31. The van der Waals surface area contributed by atoms with Crippen LogP contribution in [0.25, 0.3) is 0 Å². The molecule has 39 heavy (non-hydrogen) atoms. The summed E-state index contributed by atoms with van der Waals surface area (Å²) in [4.78, 5) is 13.2. The summed E-state index contributed by atoms with van der Waals surface area (Å²) in [5, 5.41) is 2.95. The number of anilines is 2. The van der Waals surface area contributed by atoms with E-state index in [0.29, 0.717) is 5.02 Å². The lowest BCUT2D eigenvalue weighted by molar-refractivity contribution is -0.114. The van der Waals surface area contributed by atoms with Gasteiger partial charge in [0.2, 0.25) is 15.9 Å². The molecule has 0 aliphatic carbocycles. The van der Waals surface area contributed by atoms with Crippen LogP contribution in [0.4, 0.5) is 11.4 Å². The number of nitrogens with one attached hydrogen (secondary N) is 1. The molecule has 3 aromatic rings. The number of morpholine rings is 1. The number of carbonyl (C=O) groups excluding carboxylic acids is 1. The largest absolute Gasteiger partial charge is 0.495 e. The maximum atomic E-state index is 13.6. The number of sulfonamides is 2. The number of halogens is 1. The Balaban J connectivity index is 1.66. The van der Waals surface area contributed by atoms with Crippen LogP contribution < -0.4 is 14.4 Å². The smallest absolute Gasteiger partial charge is 0.264 e. The summed E-state index contributed by atoms with van der Waals surface area (Å²) in [5.41, 5.74) is 1.01. The zero-order valence-electron chi connectivity index (χ0n) is 21.3. The van der Waals surface area contributed by atoms with Crippen LogP contribution in [0.15, 0.2) is 76.5 Å². The van der Waals surface area contributed by atoms with Crippen molar-refractivity contribution in [1.82, 2.24) is 4.31 Å². The van der Waals surface area contributed by atoms with Crippen molar-refractivity contribution in [2.45, 2.75) is 16.7 Å². The van der Waals surface area contributed by atoms with Crippen molar-refractivity contribution in [3.05, 3.63) is 77.3 Å². The Kier molecular flexibility index (Phi) is 8.82. The molecule has 1 amide bonds. The normalized spacial score (nSPS) is 14.5. The Morgan fingerprint density at radius 3 is 2.33 bits per heavy atom. The molecule has 1 saturated heterocycles. The lowest BCUT2D eigenvalue weighted by Gasteiger charge is -2.26. The maximum Gasteiger partial charge on any atom is 0.264 e. The van der Waals surface area contributed by atoms with E-state index in [1.807, 2.05) is 0 Å². The molecule has 0 unspecified atom stereocenters. The molecule has 1 fully saturated rings. The van der Waals surface area contributed by atoms with E-state index in [4.69, 9.17) is 21.1 Å². The molecular formula is C26H28ClN3O7S2. The van der Waals surface area contributed by atoms with E-state index in [1.54, 1.807) is 37.3 Å². The number of benzene rings is 3. The highest BCUT2D eigenvalue weighted by Gasteiger charge is 2.30. The van der Waals surface area contributed by atoms with Crippen LogP contribution in [0, 0.1) is 6.92 Å². The number of rotatable bonds is 9. The highest BCUT2D eigenvalue weighted by molar-refractivity contribution is 7.92. The molecule has 10 nitrogen and oxygen atoms in total. The molecule has 0 atom stereocenters. The van der Waals surface area contributed by atoms with Crippen LogP contribution in [0.3, 0.4) is 0 Å². The van der Waals surface area contributed by atoms with Crippen molar-refractivity contribution >= 4 is 48.9 Å². The zero-order valence-corrected chi connectivity index (χ0v) is 23.7. The first-order chi connectivity index (χ1) is 18.5. The molecular weight excluding hydrogens is 566 g/mol. The van der Waals surface area contributed by atoms with Gasteiger partial charge in [0.05, 0.1) is 41.5 Å². The number of amides is 1. The number of hydrogen-bond donors (Lipinski definition) is 1. The van der Waals surface area contributed by atoms with E-state index >= 15 is 0 Å². The van der Waals surface area contributed by atoms with Gasteiger partial charge in [-0.25, -0.2) is 16.8 Å². The molecule has 1 heterocycles. The number of aryl methyl sites for hydroxylation is 1. The van der Waals surface area contributed by atoms with Gasteiger partial charge in [0.25, 0.3) is 10.0 Å². The minimum absolute atomic E-state index is 0.00863. The number of methoxy groups -OCH3 is 1. The van der Waals surface area contributed by atoms with E-state index in [1.165, 1.54) is 47.8 Å². The van der Waals surface area contributed by atoms with E-state index in [-0.39, 0.29) is 53.2 Å². The maximum absolute atomic E-state index is 13.6. The van der Waals surface area contributed by atoms with Crippen molar-refractivity contribution in [2.24, 2.45) is 0 Å². The average Bonchev–Trinajstić information content (AvgIpc) is 2.94. The lowest BCUT2D eigenvalue weighted by Crippen LogP contribution is -2.40. The first-order valence-electron chi connectivity index (χ1n) is 11.9. The van der Waals surface area contributed by atoms with Crippen molar-refractivity contribution in [1.29, 1.82) is 0 Å². The predicted molar refractivity (Wildman–Crippen MR) is 148 cm³/mol. The standard InChI is InChI=1S/C26H28ClN3O7S2/c1-19-8-9-20(16-23(19)27)30(39(34,35)21-6-4-3-5-7-21)18-26(31)28-24-17-22(10-11-25(24)36-2)38(32,33)29-12-14-37-15-13-29/h3-11,16-17H,12-15,18H2,1-2H3,(H,28,31). The fourth-order valence-electron chi connectivity index (χ4n) is 3.97. The fraction of sp³-hybridized carbons (Fsp3) is 0.269. The Hall–Kier alpha value is -3.16. The van der Waals surface area contributed by atoms with Crippen molar-refractivity contribution in [2.75, 3.05) is 49.6 Å². The molecule has 1 aliphatic heterocycles. The number of hydrogen-bond acceptors (Lipinski definition) is 7. The molecule has 1 N–H and O–H groups in total. The summed E-state index contributed by atoms with van der Waals surface area (Å²) in [6.07, 6.45) is 0. The molecule has 3 aromatic carbocycles. The van der Waals surface area contributed by atoms with Gasteiger partial charge >= 0.3 is 0 Å². The van der Waals surface area contributed by atoms with Crippen LogP contribution in [0.5, 0.6) is 5.75 Å². The average molecular weight is 594 g/mol. The van der Waals surface area contributed by atoms with Crippen molar-refractivity contribution < 1.29 is 31.1 Å². The highest BCUT2D eigenvalue weighted by atomic mass is 35.5. The third-order valence-electron chi connectivity index (χ3n) is 6.11. The number of carbonyl (C=O) groups is 1. The summed E-state index contributed by atoms with van der Waals surface area (Å²) in [6.45, 7) is 2.16. The predicted octanol–water partition coefficient (Wildman–Crippen LogP) is 3.51. The second-order valence-electron chi connectivity index (χ2n) is 8.68. The molecule has 4 rings (SSSR count). The Bertz CT molecular complexity index is 1560. The van der Waals surface area contributed by atoms with Gasteiger partial charge in [-0.05, 0) is 55.0 Å². The van der Waals surface area contributed by atoms with Gasteiger partial charge in [0, 0.05) is 18.1 Å². The second-order valence-corrected chi connectivity index (χ2v) is 12.9. The Morgan fingerprint density at radius 1 is 1.00 bits per heavy atom. The topological polar surface area (TPSA) is 122 Å². The van der Waals surface area contributed by atoms with E-state index in [9.17, 15) is 21.6 Å². The quantitative estimate of drug-likeness (QED) is 0.403. The van der Waals surface area contributed by atoms with E-state index in [2.05, 4.69) is 5.32 Å². The van der Waals surface area contributed by atoms with Gasteiger partial charge in [-0.3, -0.25) is 9.10 Å². The Morgan fingerprint density at radius 2 is 1.69 bits per heavy atom. The molecule has 0 bridgehead atoms. The number of ether oxygens (including phenoxy) is 2. The van der Waals surface area contributed by atoms with Crippen LogP contribution in [-0.2, 0) is 29.6 Å². The number of nitrogens with zero attached hydrogens (tertiary/aromatic N) is 2. The monoisotopic (exact) mass is 593 g/mol. The first-order valence-corrected chi connectivity index (χ1v) is 15.2. The molecule has 13 heteroatoms. The van der Waals surface area contributed by atoms with Crippen molar-refractivity contribution in [3.8, 4) is 5.75 Å². The molecule has 208 valence electrons.